The first-order chi connectivity index (χ1) is 10.3. The highest BCUT2D eigenvalue weighted by atomic mass is 19.4. The fourth-order valence-corrected chi connectivity index (χ4v) is 2.51. The van der Waals surface area contributed by atoms with E-state index in [1.807, 2.05) is 0 Å². The molecule has 122 valence electrons. The quantitative estimate of drug-likeness (QED) is 0.842. The number of carbonyl (C=O) groups excluding carboxylic acids is 1. The van der Waals surface area contributed by atoms with E-state index >= 15 is 0 Å². The highest BCUT2D eigenvalue weighted by Gasteiger charge is 2.51. The first-order valence-corrected chi connectivity index (χ1v) is 6.74. The van der Waals surface area contributed by atoms with Gasteiger partial charge >= 0.3 is 6.18 Å². The molecular weight excluding hydrogens is 304 g/mol. The maximum Gasteiger partial charge on any atom is 0.393 e. The lowest BCUT2D eigenvalue weighted by Crippen LogP contribution is -2.37. The Labute approximate surface area is 124 Å². The Hall–Kier alpha value is -1.83. The van der Waals surface area contributed by atoms with Crippen LogP contribution in [0.2, 0.25) is 0 Å². The molecule has 0 bridgehead atoms. The standard InChI is InChI=1S/C14H16F4N2O2/c15-9-1-3-10(4-2-9)22-6-5-20-7-11(13(19)21)12(8-20)14(16,17)18/h1-4,11-12H,5-8H2,(H2,19,21)/t11-,12-/m1/s1. The predicted octanol–water partition coefficient (Wildman–Crippen LogP) is 1.80. The van der Waals surface area contributed by atoms with Crippen molar-refractivity contribution in [3.63, 3.8) is 0 Å². The largest absolute Gasteiger partial charge is 0.492 e. The lowest BCUT2D eigenvalue weighted by atomic mass is 9.95. The van der Waals surface area contributed by atoms with Crippen molar-refractivity contribution in [3.05, 3.63) is 30.1 Å². The molecule has 2 N–H and O–H groups in total. The Morgan fingerprint density at radius 3 is 2.41 bits per heavy atom. The van der Waals surface area contributed by atoms with E-state index < -0.39 is 29.7 Å². The van der Waals surface area contributed by atoms with Crippen molar-refractivity contribution in [2.75, 3.05) is 26.2 Å². The number of benzene rings is 1. The molecule has 1 fully saturated rings. The fraction of sp³-hybridized carbons (Fsp3) is 0.500. The van der Waals surface area contributed by atoms with Crippen LogP contribution in [0.3, 0.4) is 0 Å². The van der Waals surface area contributed by atoms with Crippen molar-refractivity contribution in [3.8, 4) is 5.75 Å². The lowest BCUT2D eigenvalue weighted by Gasteiger charge is -2.18. The van der Waals surface area contributed by atoms with Gasteiger partial charge in [-0.15, -0.1) is 0 Å². The van der Waals surface area contributed by atoms with Crippen LogP contribution in [0.4, 0.5) is 17.6 Å². The molecule has 1 saturated heterocycles. The number of halogens is 4. The van der Waals surface area contributed by atoms with E-state index in [0.717, 1.165) is 0 Å². The normalized spacial score (nSPS) is 22.7. The smallest absolute Gasteiger partial charge is 0.393 e. The van der Waals surface area contributed by atoms with Gasteiger partial charge in [0, 0.05) is 19.6 Å². The van der Waals surface area contributed by atoms with E-state index in [1.54, 1.807) is 0 Å². The SMILES string of the molecule is NC(=O)[C@@H]1CN(CCOc2ccc(F)cc2)C[C@H]1C(F)(F)F. The number of nitrogens with two attached hydrogens (primary N) is 1. The van der Waals surface area contributed by atoms with Gasteiger partial charge in [-0.05, 0) is 24.3 Å². The average Bonchev–Trinajstić information content (AvgIpc) is 2.85. The van der Waals surface area contributed by atoms with Gasteiger partial charge in [-0.2, -0.15) is 13.2 Å². The molecule has 2 rings (SSSR count). The van der Waals surface area contributed by atoms with Crippen LogP contribution in [0.15, 0.2) is 24.3 Å². The summed E-state index contributed by atoms with van der Waals surface area (Å²) in [5, 5.41) is 0. The molecule has 8 heteroatoms. The van der Waals surface area contributed by atoms with Gasteiger partial charge in [0.05, 0.1) is 11.8 Å². The summed E-state index contributed by atoms with van der Waals surface area (Å²) in [5.74, 6) is -3.88. The third-order valence-electron chi connectivity index (χ3n) is 3.67. The summed E-state index contributed by atoms with van der Waals surface area (Å²) in [6.07, 6.45) is -4.45. The van der Waals surface area contributed by atoms with Gasteiger partial charge < -0.3 is 10.5 Å². The minimum Gasteiger partial charge on any atom is -0.492 e. The van der Waals surface area contributed by atoms with Gasteiger partial charge in [0.1, 0.15) is 18.2 Å². The molecule has 1 aliphatic heterocycles. The van der Waals surface area contributed by atoms with Crippen molar-refractivity contribution >= 4 is 5.91 Å². The van der Waals surface area contributed by atoms with Crippen LogP contribution in [0.1, 0.15) is 0 Å². The second-order valence-electron chi connectivity index (χ2n) is 5.22. The summed E-state index contributed by atoms with van der Waals surface area (Å²) in [6.45, 7) is 0.0611. The second-order valence-corrected chi connectivity index (χ2v) is 5.22. The molecule has 0 aromatic heterocycles. The maximum atomic E-state index is 12.9. The van der Waals surface area contributed by atoms with E-state index in [0.29, 0.717) is 5.75 Å². The number of hydrogen-bond donors (Lipinski definition) is 1. The Balaban J connectivity index is 1.86. The molecule has 1 aliphatic rings. The van der Waals surface area contributed by atoms with E-state index in [9.17, 15) is 22.4 Å². The molecule has 1 amide bonds. The minimum absolute atomic E-state index is 0.0354. The molecule has 0 unspecified atom stereocenters. The van der Waals surface area contributed by atoms with E-state index in [4.69, 9.17) is 10.5 Å². The minimum atomic E-state index is -4.45. The number of amides is 1. The predicted molar refractivity (Wildman–Crippen MR) is 70.6 cm³/mol. The highest BCUT2D eigenvalue weighted by Crippen LogP contribution is 2.37. The molecule has 0 radical (unpaired) electrons. The monoisotopic (exact) mass is 320 g/mol. The van der Waals surface area contributed by atoms with Gasteiger partial charge in [0.2, 0.25) is 5.91 Å². The van der Waals surface area contributed by atoms with Crippen molar-refractivity contribution in [2.24, 2.45) is 17.6 Å². The van der Waals surface area contributed by atoms with Crippen LogP contribution in [0.5, 0.6) is 5.75 Å². The van der Waals surface area contributed by atoms with E-state index in [-0.39, 0.29) is 26.2 Å². The summed E-state index contributed by atoms with van der Waals surface area (Å²) in [4.78, 5) is 12.7. The van der Waals surface area contributed by atoms with Crippen molar-refractivity contribution in [1.29, 1.82) is 0 Å². The van der Waals surface area contributed by atoms with Crippen molar-refractivity contribution < 1.29 is 27.1 Å². The first kappa shape index (κ1) is 16.5. The molecule has 22 heavy (non-hydrogen) atoms. The van der Waals surface area contributed by atoms with E-state index in [1.165, 1.54) is 29.2 Å². The van der Waals surface area contributed by atoms with Gasteiger partial charge in [0.25, 0.3) is 0 Å². The zero-order valence-corrected chi connectivity index (χ0v) is 11.6. The summed E-state index contributed by atoms with van der Waals surface area (Å²) in [7, 11) is 0. The number of alkyl halides is 3. The Morgan fingerprint density at radius 1 is 1.27 bits per heavy atom. The Bertz CT molecular complexity index is 519. The van der Waals surface area contributed by atoms with Crippen LogP contribution in [-0.2, 0) is 4.79 Å². The third kappa shape index (κ3) is 4.09. The van der Waals surface area contributed by atoms with Crippen LogP contribution < -0.4 is 10.5 Å². The average molecular weight is 320 g/mol. The van der Waals surface area contributed by atoms with Crippen LogP contribution in [0.25, 0.3) is 0 Å². The van der Waals surface area contributed by atoms with Gasteiger partial charge in [0.15, 0.2) is 0 Å². The number of nitrogens with zero attached hydrogens (tertiary/aromatic N) is 1. The molecular formula is C14H16F4N2O2. The number of carbonyl (C=O) groups is 1. The zero-order chi connectivity index (χ0) is 16.3. The number of ether oxygens (including phenoxy) is 1. The van der Waals surface area contributed by atoms with Crippen molar-refractivity contribution in [1.82, 2.24) is 4.90 Å². The second kappa shape index (κ2) is 6.51. The van der Waals surface area contributed by atoms with Crippen LogP contribution >= 0.6 is 0 Å². The Morgan fingerprint density at radius 2 is 1.91 bits per heavy atom. The van der Waals surface area contributed by atoms with E-state index in [2.05, 4.69) is 0 Å². The number of hydrogen-bond acceptors (Lipinski definition) is 3. The maximum absolute atomic E-state index is 12.9. The first-order valence-electron chi connectivity index (χ1n) is 6.74. The number of likely N-dealkylation sites (tertiary alicyclic amines) is 1. The molecule has 0 aliphatic carbocycles. The Kier molecular flexibility index (Phi) is 4.90. The number of primary amides is 1. The number of rotatable bonds is 5. The van der Waals surface area contributed by atoms with Crippen LogP contribution in [-0.4, -0.2) is 43.2 Å². The summed E-state index contributed by atoms with van der Waals surface area (Å²) in [5.41, 5.74) is 5.05. The highest BCUT2D eigenvalue weighted by molar-refractivity contribution is 5.77. The molecule has 2 atom stereocenters. The summed E-state index contributed by atoms with van der Waals surface area (Å²) < 4.78 is 56.7. The third-order valence-corrected chi connectivity index (χ3v) is 3.67. The zero-order valence-electron chi connectivity index (χ0n) is 11.6. The van der Waals surface area contributed by atoms with Gasteiger partial charge in [-0.25, -0.2) is 4.39 Å². The molecule has 1 aromatic carbocycles. The summed E-state index contributed by atoms with van der Waals surface area (Å²) >= 11 is 0. The van der Waals surface area contributed by atoms with Crippen molar-refractivity contribution in [2.45, 2.75) is 6.18 Å². The molecule has 4 nitrogen and oxygen atoms in total. The topological polar surface area (TPSA) is 55.6 Å². The van der Waals surface area contributed by atoms with Gasteiger partial charge in [-0.1, -0.05) is 0 Å². The lowest BCUT2D eigenvalue weighted by molar-refractivity contribution is -0.182. The van der Waals surface area contributed by atoms with Crippen LogP contribution in [0, 0.1) is 17.7 Å². The molecule has 1 heterocycles. The fourth-order valence-electron chi connectivity index (χ4n) is 2.51. The van der Waals surface area contributed by atoms with Gasteiger partial charge in [-0.3, -0.25) is 9.69 Å². The molecule has 1 aromatic rings. The summed E-state index contributed by atoms with van der Waals surface area (Å²) in [6, 6.07) is 5.33. The molecule has 0 spiro atoms. The molecule has 0 saturated carbocycles.